The molecule has 0 aromatic rings. The summed E-state index contributed by atoms with van der Waals surface area (Å²) in [6.45, 7) is 6.32. The minimum Gasteiger partial charge on any atom is -0.299 e. The summed E-state index contributed by atoms with van der Waals surface area (Å²) in [7, 11) is 0. The van der Waals surface area contributed by atoms with E-state index in [2.05, 4.69) is 19.9 Å². The van der Waals surface area contributed by atoms with Crippen LogP contribution in [0.25, 0.3) is 0 Å². The highest BCUT2D eigenvalue weighted by molar-refractivity contribution is 5.87. The van der Waals surface area contributed by atoms with E-state index in [1.165, 1.54) is 0 Å². The second kappa shape index (κ2) is 2.59. The molecule has 14 heavy (non-hydrogen) atoms. The summed E-state index contributed by atoms with van der Waals surface area (Å²) < 4.78 is 0. The smallest absolute Gasteiger partial charge is 0.139 e. The highest BCUT2D eigenvalue weighted by Gasteiger charge is 2.59. The fourth-order valence-corrected chi connectivity index (χ4v) is 3.16. The van der Waals surface area contributed by atoms with Gasteiger partial charge in [0.05, 0.1) is 12.0 Å². The van der Waals surface area contributed by atoms with Crippen LogP contribution < -0.4 is 0 Å². The maximum Gasteiger partial charge on any atom is 0.139 e. The number of hydrogen-bond donors (Lipinski definition) is 0. The van der Waals surface area contributed by atoms with Gasteiger partial charge >= 0.3 is 0 Å². The van der Waals surface area contributed by atoms with Crippen molar-refractivity contribution in [2.24, 2.45) is 22.7 Å². The number of nitrogens with zero attached hydrogens (tertiary/aromatic N) is 1. The van der Waals surface area contributed by atoms with Crippen LogP contribution in [0.1, 0.15) is 40.0 Å². The predicted molar refractivity (Wildman–Crippen MR) is 53.3 cm³/mol. The Labute approximate surface area is 85.3 Å². The van der Waals surface area contributed by atoms with Crippen molar-refractivity contribution in [3.05, 3.63) is 0 Å². The zero-order chi connectivity index (χ0) is 10.6. The van der Waals surface area contributed by atoms with Crippen LogP contribution in [-0.2, 0) is 4.79 Å². The molecule has 0 aromatic heterocycles. The van der Waals surface area contributed by atoms with Gasteiger partial charge in [-0.1, -0.05) is 20.8 Å². The summed E-state index contributed by atoms with van der Waals surface area (Å²) >= 11 is 0. The van der Waals surface area contributed by atoms with E-state index in [1.54, 1.807) is 0 Å². The summed E-state index contributed by atoms with van der Waals surface area (Å²) in [6, 6.07) is 2.33. The molecule has 0 aromatic carbocycles. The lowest BCUT2D eigenvalue weighted by Gasteiger charge is -2.56. The van der Waals surface area contributed by atoms with Crippen LogP contribution in [0.5, 0.6) is 0 Å². The number of hydrogen-bond acceptors (Lipinski definition) is 2. The molecule has 0 amide bonds. The van der Waals surface area contributed by atoms with Gasteiger partial charge in [0.15, 0.2) is 0 Å². The van der Waals surface area contributed by atoms with Crippen molar-refractivity contribution in [3.8, 4) is 6.07 Å². The van der Waals surface area contributed by atoms with Crippen LogP contribution in [0, 0.1) is 34.0 Å². The molecule has 2 saturated carbocycles. The Kier molecular flexibility index (Phi) is 1.80. The molecule has 2 rings (SSSR count). The third kappa shape index (κ3) is 1.11. The van der Waals surface area contributed by atoms with Gasteiger partial charge in [-0.15, -0.1) is 0 Å². The topological polar surface area (TPSA) is 40.9 Å². The Morgan fingerprint density at radius 2 is 2.00 bits per heavy atom. The van der Waals surface area contributed by atoms with E-state index in [1.807, 2.05) is 6.92 Å². The van der Waals surface area contributed by atoms with Gasteiger partial charge < -0.3 is 0 Å². The van der Waals surface area contributed by atoms with Crippen molar-refractivity contribution in [3.63, 3.8) is 0 Å². The molecule has 0 spiro atoms. The maximum absolute atomic E-state index is 11.9. The van der Waals surface area contributed by atoms with Crippen LogP contribution in [0.4, 0.5) is 0 Å². The Morgan fingerprint density at radius 1 is 1.36 bits per heavy atom. The highest BCUT2D eigenvalue weighted by atomic mass is 16.1. The molecule has 0 heterocycles. The minimum absolute atomic E-state index is 0.108. The molecule has 0 aliphatic heterocycles. The average Bonchev–Trinajstić information content (AvgIpc) is 2.07. The molecule has 0 unspecified atom stereocenters. The molecule has 3 atom stereocenters. The van der Waals surface area contributed by atoms with Crippen molar-refractivity contribution in [1.82, 2.24) is 0 Å². The first-order valence-electron chi connectivity index (χ1n) is 5.32. The lowest BCUT2D eigenvalue weighted by atomic mass is 9.45. The molecular formula is C12H17NO. The van der Waals surface area contributed by atoms with E-state index in [9.17, 15) is 4.79 Å². The molecule has 2 heteroatoms. The van der Waals surface area contributed by atoms with Crippen molar-refractivity contribution in [2.45, 2.75) is 40.0 Å². The minimum atomic E-state index is -0.157. The number of carbonyl (C=O) groups is 1. The van der Waals surface area contributed by atoms with Gasteiger partial charge in [-0.05, 0) is 24.2 Å². The maximum atomic E-state index is 11.9. The Bertz CT molecular complexity index is 326. The first kappa shape index (κ1) is 9.71. The summed E-state index contributed by atoms with van der Waals surface area (Å²) in [4.78, 5) is 11.9. The molecule has 2 aliphatic rings. The van der Waals surface area contributed by atoms with E-state index >= 15 is 0 Å². The standard InChI is InChI=1S/C12H17NO/c1-11(2)5-9-8(7-13)4-12(9,3)10(14)6-11/h8-9H,4-6H2,1-3H3/t8-,9-,12+/m0/s1. The van der Waals surface area contributed by atoms with Crippen LogP contribution in [0.15, 0.2) is 0 Å². The quantitative estimate of drug-likeness (QED) is 0.590. The second-order valence-electron chi connectivity index (χ2n) is 5.93. The highest BCUT2D eigenvalue weighted by Crippen LogP contribution is 2.60. The van der Waals surface area contributed by atoms with E-state index in [-0.39, 0.29) is 16.7 Å². The fourth-order valence-electron chi connectivity index (χ4n) is 3.16. The lowest BCUT2D eigenvalue weighted by molar-refractivity contribution is -0.154. The Balaban J connectivity index is 2.25. The van der Waals surface area contributed by atoms with Crippen LogP contribution in [0.2, 0.25) is 0 Å². The van der Waals surface area contributed by atoms with E-state index in [4.69, 9.17) is 5.26 Å². The van der Waals surface area contributed by atoms with Gasteiger partial charge in [0.25, 0.3) is 0 Å². The van der Waals surface area contributed by atoms with Gasteiger partial charge in [-0.3, -0.25) is 4.79 Å². The Hall–Kier alpha value is -0.840. The number of ketones is 1. The van der Waals surface area contributed by atoms with E-state index in [0.717, 1.165) is 12.8 Å². The summed E-state index contributed by atoms with van der Waals surface area (Å²) in [6.07, 6.45) is 2.52. The zero-order valence-corrected chi connectivity index (χ0v) is 9.13. The van der Waals surface area contributed by atoms with Crippen molar-refractivity contribution >= 4 is 5.78 Å². The first-order chi connectivity index (χ1) is 6.39. The fraction of sp³-hybridized carbons (Fsp3) is 0.833. The number of carbonyl (C=O) groups excluding carboxylic acids is 1. The van der Waals surface area contributed by atoms with Crippen LogP contribution in [-0.4, -0.2) is 5.78 Å². The van der Waals surface area contributed by atoms with Crippen molar-refractivity contribution < 1.29 is 4.79 Å². The number of fused-ring (bicyclic) bond motifs is 1. The number of nitriles is 1. The SMILES string of the molecule is CC1(C)CC(=O)[C@]2(C)C[C@@H](C#N)[C@@H]2C1. The summed E-state index contributed by atoms with van der Waals surface area (Å²) in [5, 5.41) is 8.93. The van der Waals surface area contributed by atoms with Crippen LogP contribution >= 0.6 is 0 Å². The van der Waals surface area contributed by atoms with Crippen LogP contribution in [0.3, 0.4) is 0 Å². The lowest BCUT2D eigenvalue weighted by Crippen LogP contribution is -2.56. The largest absolute Gasteiger partial charge is 0.299 e. The van der Waals surface area contributed by atoms with Gasteiger partial charge in [0, 0.05) is 11.8 Å². The molecular weight excluding hydrogens is 174 g/mol. The average molecular weight is 191 g/mol. The number of rotatable bonds is 0. The summed E-state index contributed by atoms with van der Waals surface area (Å²) in [5.41, 5.74) is -0.0489. The third-order valence-corrected chi connectivity index (χ3v) is 4.16. The second-order valence-corrected chi connectivity index (χ2v) is 5.93. The monoisotopic (exact) mass is 191 g/mol. The Morgan fingerprint density at radius 3 is 2.57 bits per heavy atom. The molecule has 2 nitrogen and oxygen atoms in total. The molecule has 2 aliphatic carbocycles. The third-order valence-electron chi connectivity index (χ3n) is 4.16. The first-order valence-corrected chi connectivity index (χ1v) is 5.32. The molecule has 0 N–H and O–H groups in total. The molecule has 0 bridgehead atoms. The van der Waals surface area contributed by atoms with Gasteiger partial charge in [0.2, 0.25) is 0 Å². The molecule has 0 radical (unpaired) electrons. The molecule has 76 valence electrons. The summed E-state index contributed by atoms with van der Waals surface area (Å²) in [5.74, 6) is 0.831. The van der Waals surface area contributed by atoms with E-state index < -0.39 is 0 Å². The number of Topliss-reactive ketones (excluding diaryl/α,β-unsaturated/α-hetero) is 1. The van der Waals surface area contributed by atoms with Crippen molar-refractivity contribution in [2.75, 3.05) is 0 Å². The van der Waals surface area contributed by atoms with Crippen molar-refractivity contribution in [1.29, 1.82) is 5.26 Å². The molecule has 0 saturated heterocycles. The van der Waals surface area contributed by atoms with Gasteiger partial charge in [0.1, 0.15) is 5.78 Å². The normalized spacial score (nSPS) is 44.9. The zero-order valence-electron chi connectivity index (χ0n) is 9.13. The van der Waals surface area contributed by atoms with Gasteiger partial charge in [-0.2, -0.15) is 5.26 Å². The van der Waals surface area contributed by atoms with E-state index in [0.29, 0.717) is 18.1 Å². The molecule has 2 fully saturated rings. The van der Waals surface area contributed by atoms with Gasteiger partial charge in [-0.25, -0.2) is 0 Å². The predicted octanol–water partition coefficient (Wildman–Crippen LogP) is 2.54.